The number of hydroxylamine groups is 2. The van der Waals surface area contributed by atoms with E-state index in [0.29, 0.717) is 11.3 Å². The summed E-state index contributed by atoms with van der Waals surface area (Å²) in [6.45, 7) is -3.07. The number of amides is 1. The molecular formula is C24H16Cl2F7N6O4+2. The van der Waals surface area contributed by atoms with Gasteiger partial charge >= 0.3 is 29.2 Å². The molecule has 43 heavy (non-hydrogen) atoms. The standard InChI is InChI=1S/C24H15Cl2F7N6O4/c25-14-7-17-20(40)34-8-12(38(17)19(14)26)5-11-1-2-15(27)13(6-11)21(41)37-4-3-18-16(9-37)35-36-39(18,10-23(28,29)30)43-22(42)24(31,32)33/h1-2,6-8H,3-5,9-10H2/q+1/p+1. The van der Waals surface area contributed by atoms with Crippen LogP contribution in [0.2, 0.25) is 10.2 Å². The Bertz CT molecular complexity index is 1780. The molecule has 0 saturated carbocycles. The molecule has 2 aliphatic heterocycles. The third-order valence-electron chi connectivity index (χ3n) is 6.60. The molecule has 1 amide bonds. The Morgan fingerprint density at radius 1 is 1.14 bits per heavy atom. The highest BCUT2D eigenvalue weighted by Crippen LogP contribution is 2.38. The number of halogens is 9. The fraction of sp³-hybridized carbons (Fsp3) is 0.292. The van der Waals surface area contributed by atoms with Crippen LogP contribution in [0.4, 0.5) is 30.7 Å². The van der Waals surface area contributed by atoms with Gasteiger partial charge < -0.3 is 9.88 Å². The van der Waals surface area contributed by atoms with Crippen LogP contribution in [0.15, 0.2) is 51.9 Å². The lowest BCUT2D eigenvalue weighted by Crippen LogP contribution is -2.52. The van der Waals surface area contributed by atoms with Gasteiger partial charge in [0.05, 0.1) is 21.8 Å². The predicted octanol–water partition coefficient (Wildman–Crippen LogP) is 4.84. The van der Waals surface area contributed by atoms with E-state index in [1.54, 1.807) is 0 Å². The number of hydrogen-bond donors (Lipinski definition) is 1. The summed E-state index contributed by atoms with van der Waals surface area (Å²) in [6, 6.07) is 4.98. The van der Waals surface area contributed by atoms with Crippen molar-refractivity contribution in [3.05, 3.63) is 85.0 Å². The topological polar surface area (TPSA) is 110 Å². The molecule has 4 heterocycles. The minimum absolute atomic E-state index is 0.0457. The summed E-state index contributed by atoms with van der Waals surface area (Å²) in [5.74, 6) is -4.75. The van der Waals surface area contributed by atoms with Gasteiger partial charge in [-0.05, 0) is 23.8 Å². The molecule has 1 atom stereocenters. The second-order valence-corrected chi connectivity index (χ2v) is 10.3. The monoisotopic (exact) mass is 655 g/mol. The molecule has 19 heteroatoms. The van der Waals surface area contributed by atoms with Gasteiger partial charge in [0, 0.05) is 24.9 Å². The van der Waals surface area contributed by atoms with E-state index in [4.69, 9.17) is 23.2 Å². The number of fused-ring (bicyclic) bond motifs is 1. The number of hydrogen-bond acceptors (Lipinski definition) is 6. The molecule has 0 aliphatic carbocycles. The molecule has 0 saturated heterocycles. The fourth-order valence-corrected chi connectivity index (χ4v) is 5.21. The third kappa shape index (κ3) is 5.83. The predicted molar refractivity (Wildman–Crippen MR) is 133 cm³/mol. The van der Waals surface area contributed by atoms with E-state index in [1.807, 2.05) is 0 Å². The third-order valence-corrected chi connectivity index (χ3v) is 7.36. The van der Waals surface area contributed by atoms with E-state index < -0.39 is 71.1 Å². The van der Waals surface area contributed by atoms with Crippen LogP contribution in [0.1, 0.15) is 28.0 Å². The Hall–Kier alpha value is -3.96. The van der Waals surface area contributed by atoms with Crippen LogP contribution in [-0.4, -0.2) is 62.9 Å². The zero-order chi connectivity index (χ0) is 31.5. The second kappa shape index (κ2) is 10.6. The minimum Gasteiger partial charge on any atom is -0.327 e. The Morgan fingerprint density at radius 3 is 2.53 bits per heavy atom. The van der Waals surface area contributed by atoms with Crippen molar-refractivity contribution in [2.45, 2.75) is 25.2 Å². The SMILES string of the molecule is O=C(c1cc(Cc2c[nH]c(=O)c3cc(Cl)c(Cl)n23)ccc1F)N1CCC2=C(C1)[N+]=N[N+]2(CC(F)(F)F)OC(=O)C(F)(F)F. The van der Waals surface area contributed by atoms with Gasteiger partial charge in [-0.3, -0.25) is 14.0 Å². The summed E-state index contributed by atoms with van der Waals surface area (Å²) in [6.07, 6.45) is -9.85. The summed E-state index contributed by atoms with van der Waals surface area (Å²) < 4.78 is 92.4. The van der Waals surface area contributed by atoms with E-state index >= 15 is 0 Å². The zero-order valence-electron chi connectivity index (χ0n) is 21.2. The molecule has 227 valence electrons. The second-order valence-electron chi connectivity index (χ2n) is 9.51. The number of benzene rings is 1. The number of quaternary nitrogens is 1. The summed E-state index contributed by atoms with van der Waals surface area (Å²) in [5.41, 5.74) is -0.758. The quantitative estimate of drug-likeness (QED) is 0.313. The Kier molecular flexibility index (Phi) is 7.55. The highest BCUT2D eigenvalue weighted by molar-refractivity contribution is 6.42. The van der Waals surface area contributed by atoms with E-state index in [1.165, 1.54) is 28.8 Å². The minimum atomic E-state index is -5.62. The first-order valence-electron chi connectivity index (χ1n) is 12.1. The molecule has 1 radical (unpaired) electrons. The lowest BCUT2D eigenvalue weighted by molar-refractivity contribution is -1.07. The maximum absolute atomic E-state index is 14.8. The number of aromatic nitrogens is 2. The Labute approximate surface area is 245 Å². The molecule has 0 fully saturated rings. The zero-order valence-corrected chi connectivity index (χ0v) is 22.7. The van der Waals surface area contributed by atoms with Crippen LogP contribution in [0.5, 0.6) is 0 Å². The first-order valence-corrected chi connectivity index (χ1v) is 12.8. The van der Waals surface area contributed by atoms with Crippen molar-refractivity contribution in [3.8, 4) is 0 Å². The molecular weight excluding hydrogens is 640 g/mol. The van der Waals surface area contributed by atoms with E-state index in [2.05, 4.69) is 20.2 Å². The Morgan fingerprint density at radius 2 is 1.86 bits per heavy atom. The molecule has 0 bridgehead atoms. The van der Waals surface area contributed by atoms with Crippen molar-refractivity contribution in [1.82, 2.24) is 19.4 Å². The highest BCUT2D eigenvalue weighted by atomic mass is 35.5. The van der Waals surface area contributed by atoms with E-state index in [0.717, 1.165) is 11.0 Å². The number of nitrogens with one attached hydrogen (secondary N) is 1. The average Bonchev–Trinajstić information content (AvgIpc) is 3.41. The first kappa shape index (κ1) is 30.5. The lowest BCUT2D eigenvalue weighted by Gasteiger charge is -2.28. The van der Waals surface area contributed by atoms with Crippen LogP contribution < -0.4 is 10.7 Å². The molecule has 1 aromatic carbocycles. The van der Waals surface area contributed by atoms with Gasteiger partial charge in [-0.1, -0.05) is 29.3 Å². The number of alkyl halides is 6. The molecule has 1 N–H and O–H groups in total. The molecule has 2 aromatic heterocycles. The van der Waals surface area contributed by atoms with Gasteiger partial charge in [0.2, 0.25) is 0 Å². The maximum Gasteiger partial charge on any atom is 0.497 e. The number of carbonyl (C=O) groups excluding carboxylic acids is 2. The van der Waals surface area contributed by atoms with Crippen molar-refractivity contribution in [3.63, 3.8) is 0 Å². The van der Waals surface area contributed by atoms with Gasteiger partial charge in [0.1, 0.15) is 23.0 Å². The van der Waals surface area contributed by atoms with Crippen molar-refractivity contribution in [2.24, 2.45) is 5.22 Å². The summed E-state index contributed by atoms with van der Waals surface area (Å²) in [4.78, 5) is 44.6. The number of rotatable bonds is 5. The molecule has 1 unspecified atom stereocenters. The maximum atomic E-state index is 14.8. The fourth-order valence-electron chi connectivity index (χ4n) is 4.77. The molecule has 10 nitrogen and oxygen atoms in total. The van der Waals surface area contributed by atoms with Gasteiger partial charge in [0.25, 0.3) is 28.8 Å². The van der Waals surface area contributed by atoms with Gasteiger partial charge in [-0.15, -0.1) is 0 Å². The first-order chi connectivity index (χ1) is 20.0. The van der Waals surface area contributed by atoms with Crippen LogP contribution >= 0.6 is 23.2 Å². The number of aromatic amines is 1. The van der Waals surface area contributed by atoms with Crippen molar-refractivity contribution in [2.75, 3.05) is 19.6 Å². The largest absolute Gasteiger partial charge is 0.497 e. The number of nitrogens with zero attached hydrogens (tertiary/aromatic N) is 5. The summed E-state index contributed by atoms with van der Waals surface area (Å²) in [7, 11) is 0. The summed E-state index contributed by atoms with van der Waals surface area (Å²) in [5, 5.41) is 6.86. The van der Waals surface area contributed by atoms with Crippen molar-refractivity contribution >= 4 is 40.6 Å². The molecule has 2 aliphatic rings. The van der Waals surface area contributed by atoms with Crippen LogP contribution in [0.25, 0.3) is 5.52 Å². The van der Waals surface area contributed by atoms with Gasteiger partial charge in [0.15, 0.2) is 0 Å². The van der Waals surface area contributed by atoms with Crippen LogP contribution in [0.3, 0.4) is 0 Å². The molecule has 5 rings (SSSR count). The summed E-state index contributed by atoms with van der Waals surface area (Å²) >= 11 is 12.3. The number of carbonyl (C=O) groups is 2. The van der Waals surface area contributed by atoms with Crippen LogP contribution in [0, 0.1) is 5.82 Å². The van der Waals surface area contributed by atoms with Gasteiger partial charge in [-0.2, -0.15) is 26.3 Å². The van der Waals surface area contributed by atoms with Gasteiger partial charge in [-0.25, -0.2) is 14.0 Å². The normalized spacial score (nSPS) is 18.9. The lowest BCUT2D eigenvalue weighted by atomic mass is 10.0. The van der Waals surface area contributed by atoms with Crippen LogP contribution in [-0.2, 0) is 16.1 Å². The molecule has 0 spiro atoms. The number of H-pyrrole nitrogens is 1. The van der Waals surface area contributed by atoms with E-state index in [9.17, 15) is 45.1 Å². The smallest absolute Gasteiger partial charge is 0.327 e. The van der Waals surface area contributed by atoms with E-state index in [-0.39, 0.29) is 34.4 Å². The Balaban J connectivity index is 1.41. The van der Waals surface area contributed by atoms with Crippen molar-refractivity contribution < 1.29 is 49.9 Å². The van der Waals surface area contributed by atoms with Crippen molar-refractivity contribution in [1.29, 1.82) is 0 Å². The highest BCUT2D eigenvalue weighted by Gasteiger charge is 2.64. The molecule has 3 aromatic rings. The average molecular weight is 656 g/mol.